The van der Waals surface area contributed by atoms with Gasteiger partial charge in [-0.15, -0.1) is 0 Å². The molecule has 3 heterocycles. The van der Waals surface area contributed by atoms with Gasteiger partial charge in [-0.1, -0.05) is 12.1 Å². The van der Waals surface area contributed by atoms with Gasteiger partial charge in [0.25, 0.3) is 5.92 Å². The zero-order valence-electron chi connectivity index (χ0n) is 17.5. The first kappa shape index (κ1) is 20.8. The second-order valence-corrected chi connectivity index (χ2v) is 8.66. The lowest BCUT2D eigenvalue weighted by molar-refractivity contribution is -0.170. The molecule has 0 aliphatic carbocycles. The summed E-state index contributed by atoms with van der Waals surface area (Å²) in [4.78, 5) is 16.9. The molecule has 2 saturated heterocycles. The largest absolute Gasteiger partial charge is 0.497 e. The van der Waals surface area contributed by atoms with E-state index in [0.29, 0.717) is 32.6 Å². The Hall–Kier alpha value is -2.48. The molecule has 2 aliphatic heterocycles. The van der Waals surface area contributed by atoms with Crippen molar-refractivity contribution in [2.24, 2.45) is 12.5 Å². The Morgan fingerprint density at radius 1 is 1.20 bits per heavy atom. The number of aromatic nitrogens is 2. The maximum atomic E-state index is 14.8. The standard InChI is InChI=1S/C22H28F2N4O2/c1-26-11-18(10-25-26)12-27-15-21(14-22(23,24)16-27)7-4-8-28(20(21)29)13-17-5-3-6-19(9-17)30-2/h3,5-6,9-11H,4,7-8,12-16H2,1-2H3. The average molecular weight is 418 g/mol. The molecule has 1 amide bonds. The fourth-order valence-electron chi connectivity index (χ4n) is 4.95. The highest BCUT2D eigenvalue weighted by Gasteiger charge is 2.55. The summed E-state index contributed by atoms with van der Waals surface area (Å²) in [5.74, 6) is -2.33. The molecule has 6 nitrogen and oxygen atoms in total. The van der Waals surface area contributed by atoms with Gasteiger partial charge in [-0.2, -0.15) is 5.10 Å². The maximum Gasteiger partial charge on any atom is 0.261 e. The van der Waals surface area contributed by atoms with E-state index in [4.69, 9.17) is 4.74 Å². The van der Waals surface area contributed by atoms with Crippen LogP contribution in [-0.2, 0) is 24.9 Å². The fraction of sp³-hybridized carbons (Fsp3) is 0.545. The van der Waals surface area contributed by atoms with E-state index in [9.17, 15) is 13.6 Å². The van der Waals surface area contributed by atoms with Crippen molar-refractivity contribution < 1.29 is 18.3 Å². The third kappa shape index (κ3) is 4.33. The molecule has 0 bridgehead atoms. The minimum absolute atomic E-state index is 0.160. The third-order valence-electron chi connectivity index (χ3n) is 6.07. The van der Waals surface area contributed by atoms with Crippen molar-refractivity contribution in [1.29, 1.82) is 0 Å². The van der Waals surface area contributed by atoms with E-state index in [1.807, 2.05) is 30.5 Å². The number of aryl methyl sites for hydroxylation is 1. The number of carbonyl (C=O) groups is 1. The van der Waals surface area contributed by atoms with Crippen LogP contribution in [0.4, 0.5) is 8.78 Å². The molecule has 162 valence electrons. The number of amides is 1. The highest BCUT2D eigenvalue weighted by Crippen LogP contribution is 2.45. The summed E-state index contributed by atoms with van der Waals surface area (Å²) < 4.78 is 36.5. The summed E-state index contributed by atoms with van der Waals surface area (Å²) >= 11 is 0. The first-order valence-electron chi connectivity index (χ1n) is 10.3. The van der Waals surface area contributed by atoms with Crippen LogP contribution in [0.5, 0.6) is 5.75 Å². The molecule has 1 atom stereocenters. The van der Waals surface area contributed by atoms with Crippen LogP contribution in [0.15, 0.2) is 36.7 Å². The van der Waals surface area contributed by atoms with Crippen LogP contribution < -0.4 is 4.74 Å². The van der Waals surface area contributed by atoms with E-state index in [2.05, 4.69) is 5.10 Å². The molecular formula is C22H28F2N4O2. The lowest BCUT2D eigenvalue weighted by Crippen LogP contribution is -2.60. The SMILES string of the molecule is COc1cccc(CN2CCCC3(CN(Cc4cnn(C)c4)CC(F)(F)C3)C2=O)c1. The normalized spacial score (nSPS) is 24.4. The summed E-state index contributed by atoms with van der Waals surface area (Å²) in [6.07, 6.45) is 4.37. The van der Waals surface area contributed by atoms with Crippen molar-refractivity contribution in [3.05, 3.63) is 47.8 Å². The Morgan fingerprint density at radius 3 is 2.77 bits per heavy atom. The predicted molar refractivity (Wildman–Crippen MR) is 108 cm³/mol. The molecule has 0 saturated carbocycles. The first-order valence-corrected chi connectivity index (χ1v) is 10.3. The molecule has 0 N–H and O–H groups in total. The fourth-order valence-corrected chi connectivity index (χ4v) is 4.95. The molecule has 2 aromatic rings. The van der Waals surface area contributed by atoms with Crippen LogP contribution in [-0.4, -0.2) is 58.2 Å². The van der Waals surface area contributed by atoms with E-state index < -0.39 is 11.3 Å². The van der Waals surface area contributed by atoms with Gasteiger partial charge < -0.3 is 9.64 Å². The van der Waals surface area contributed by atoms with E-state index in [1.165, 1.54) is 0 Å². The van der Waals surface area contributed by atoms with Crippen molar-refractivity contribution >= 4 is 5.91 Å². The lowest BCUT2D eigenvalue weighted by Gasteiger charge is -2.49. The monoisotopic (exact) mass is 418 g/mol. The van der Waals surface area contributed by atoms with E-state index >= 15 is 0 Å². The van der Waals surface area contributed by atoms with Crippen LogP contribution in [0.25, 0.3) is 0 Å². The number of rotatable bonds is 5. The molecule has 2 aliphatic rings. The van der Waals surface area contributed by atoms with Gasteiger partial charge in [0.05, 0.1) is 25.3 Å². The number of benzene rings is 1. The number of nitrogens with zero attached hydrogens (tertiary/aromatic N) is 4. The van der Waals surface area contributed by atoms with Gasteiger partial charge in [0, 0.05) is 51.4 Å². The van der Waals surface area contributed by atoms with Crippen LogP contribution in [0.2, 0.25) is 0 Å². The summed E-state index contributed by atoms with van der Waals surface area (Å²) in [5, 5.41) is 4.13. The number of hydrogen-bond donors (Lipinski definition) is 0. The van der Waals surface area contributed by atoms with Gasteiger partial charge in [0.2, 0.25) is 5.91 Å². The third-order valence-corrected chi connectivity index (χ3v) is 6.07. The molecule has 1 spiro atoms. The number of carbonyl (C=O) groups excluding carboxylic acids is 1. The predicted octanol–water partition coefficient (Wildman–Crippen LogP) is 3.08. The molecule has 4 rings (SSSR count). The Kier molecular flexibility index (Phi) is 5.53. The Bertz CT molecular complexity index is 916. The Balaban J connectivity index is 1.53. The molecule has 0 radical (unpaired) electrons. The topological polar surface area (TPSA) is 50.6 Å². The quantitative estimate of drug-likeness (QED) is 0.749. The number of piperidine rings is 2. The van der Waals surface area contributed by atoms with Crippen molar-refractivity contribution in [3.63, 3.8) is 0 Å². The number of likely N-dealkylation sites (tertiary alicyclic amines) is 2. The van der Waals surface area contributed by atoms with Crippen molar-refractivity contribution in [3.8, 4) is 5.75 Å². The number of halogens is 2. The number of ether oxygens (including phenoxy) is 1. The second kappa shape index (κ2) is 7.98. The highest BCUT2D eigenvalue weighted by atomic mass is 19.3. The molecule has 30 heavy (non-hydrogen) atoms. The second-order valence-electron chi connectivity index (χ2n) is 8.66. The van der Waals surface area contributed by atoms with Crippen molar-refractivity contribution in [2.75, 3.05) is 26.7 Å². The molecule has 1 aromatic carbocycles. The van der Waals surface area contributed by atoms with Gasteiger partial charge in [-0.25, -0.2) is 8.78 Å². The van der Waals surface area contributed by atoms with Gasteiger partial charge in [0.1, 0.15) is 5.75 Å². The Labute approximate surface area is 175 Å². The molecule has 1 aromatic heterocycles. The van der Waals surface area contributed by atoms with Crippen LogP contribution in [0.1, 0.15) is 30.4 Å². The first-order chi connectivity index (χ1) is 14.3. The number of methoxy groups -OCH3 is 1. The summed E-state index contributed by atoms with van der Waals surface area (Å²) in [6, 6.07) is 7.55. The molecule has 2 fully saturated rings. The summed E-state index contributed by atoms with van der Waals surface area (Å²) in [5.41, 5.74) is 0.775. The highest BCUT2D eigenvalue weighted by molar-refractivity contribution is 5.84. The van der Waals surface area contributed by atoms with E-state index in [0.717, 1.165) is 23.3 Å². The van der Waals surface area contributed by atoms with Gasteiger partial charge in [-0.05, 0) is 30.5 Å². The zero-order chi connectivity index (χ0) is 21.4. The van der Waals surface area contributed by atoms with Gasteiger partial charge >= 0.3 is 0 Å². The maximum absolute atomic E-state index is 14.8. The minimum Gasteiger partial charge on any atom is -0.497 e. The van der Waals surface area contributed by atoms with Crippen molar-refractivity contribution in [1.82, 2.24) is 19.6 Å². The van der Waals surface area contributed by atoms with E-state index in [1.54, 1.807) is 34.8 Å². The zero-order valence-corrected chi connectivity index (χ0v) is 17.5. The van der Waals surface area contributed by atoms with Gasteiger partial charge in [0.15, 0.2) is 0 Å². The summed E-state index contributed by atoms with van der Waals surface area (Å²) in [6.45, 7) is 1.39. The van der Waals surface area contributed by atoms with E-state index in [-0.39, 0.29) is 18.9 Å². The lowest BCUT2D eigenvalue weighted by atomic mass is 9.71. The smallest absolute Gasteiger partial charge is 0.261 e. The minimum atomic E-state index is -2.89. The number of hydrogen-bond acceptors (Lipinski definition) is 4. The van der Waals surface area contributed by atoms with Crippen molar-refractivity contribution in [2.45, 2.75) is 38.3 Å². The summed E-state index contributed by atoms with van der Waals surface area (Å²) in [7, 11) is 3.40. The molecule has 1 unspecified atom stereocenters. The Morgan fingerprint density at radius 2 is 2.03 bits per heavy atom. The van der Waals surface area contributed by atoms with Crippen LogP contribution in [0, 0.1) is 5.41 Å². The molecule has 8 heteroatoms. The number of alkyl halides is 2. The average Bonchev–Trinajstić information content (AvgIpc) is 3.09. The molecular weight excluding hydrogens is 390 g/mol. The van der Waals surface area contributed by atoms with Crippen LogP contribution in [0.3, 0.4) is 0 Å². The van der Waals surface area contributed by atoms with Crippen LogP contribution >= 0.6 is 0 Å². The van der Waals surface area contributed by atoms with Gasteiger partial charge in [-0.3, -0.25) is 14.4 Å².